The number of aromatic nitrogens is 2. The molecule has 0 saturated carbocycles. The molecule has 1 unspecified atom stereocenters. The largest absolute Gasteiger partial charge is 0.493 e. The second kappa shape index (κ2) is 7.98. The number of amides is 1. The SMILES string of the molecule is COc1ccc(NC(=O)C2CCc3nc(-c4ccncc4)sc3C2)cc1OC. The summed E-state index contributed by atoms with van der Waals surface area (Å²) < 4.78 is 10.6. The van der Waals surface area contributed by atoms with Crippen LogP contribution in [0.4, 0.5) is 5.69 Å². The van der Waals surface area contributed by atoms with Crippen molar-refractivity contribution in [1.29, 1.82) is 0 Å². The topological polar surface area (TPSA) is 73.3 Å². The van der Waals surface area contributed by atoms with Gasteiger partial charge >= 0.3 is 0 Å². The van der Waals surface area contributed by atoms with Crippen molar-refractivity contribution in [2.24, 2.45) is 5.92 Å². The van der Waals surface area contributed by atoms with Crippen LogP contribution in [0.15, 0.2) is 42.7 Å². The van der Waals surface area contributed by atoms with Crippen LogP contribution < -0.4 is 14.8 Å². The number of methoxy groups -OCH3 is 2. The third-order valence-corrected chi connectivity index (χ3v) is 6.06. The maximum atomic E-state index is 12.8. The van der Waals surface area contributed by atoms with Crippen molar-refractivity contribution < 1.29 is 14.3 Å². The molecule has 1 aliphatic carbocycles. The molecule has 6 nitrogen and oxygen atoms in total. The van der Waals surface area contributed by atoms with Crippen LogP contribution in [0.5, 0.6) is 11.5 Å². The third-order valence-electron chi connectivity index (χ3n) is 4.89. The van der Waals surface area contributed by atoms with E-state index in [0.29, 0.717) is 17.2 Å². The molecule has 0 bridgehead atoms. The number of benzene rings is 1. The number of nitrogens with zero attached hydrogens (tertiary/aromatic N) is 2. The maximum Gasteiger partial charge on any atom is 0.227 e. The number of rotatable bonds is 5. The van der Waals surface area contributed by atoms with Crippen LogP contribution in [0.1, 0.15) is 17.0 Å². The van der Waals surface area contributed by atoms with Crippen molar-refractivity contribution in [1.82, 2.24) is 9.97 Å². The Balaban J connectivity index is 1.47. The smallest absolute Gasteiger partial charge is 0.227 e. The first-order valence-corrected chi connectivity index (χ1v) is 9.91. The summed E-state index contributed by atoms with van der Waals surface area (Å²) in [5.41, 5.74) is 2.89. The van der Waals surface area contributed by atoms with Gasteiger partial charge in [-0.3, -0.25) is 9.78 Å². The molecule has 2 heterocycles. The molecular formula is C21H21N3O3S. The van der Waals surface area contributed by atoms with E-state index in [0.717, 1.165) is 35.5 Å². The molecule has 1 aliphatic rings. The number of carbonyl (C=O) groups is 1. The van der Waals surface area contributed by atoms with Crippen molar-refractivity contribution in [2.45, 2.75) is 19.3 Å². The van der Waals surface area contributed by atoms with E-state index in [2.05, 4.69) is 10.3 Å². The number of hydrogen-bond acceptors (Lipinski definition) is 6. The van der Waals surface area contributed by atoms with Gasteiger partial charge in [-0.2, -0.15) is 0 Å². The van der Waals surface area contributed by atoms with Crippen LogP contribution in [-0.2, 0) is 17.6 Å². The van der Waals surface area contributed by atoms with Crippen molar-refractivity contribution in [3.05, 3.63) is 53.3 Å². The highest BCUT2D eigenvalue weighted by Gasteiger charge is 2.28. The molecular weight excluding hydrogens is 374 g/mol. The Morgan fingerprint density at radius 2 is 1.93 bits per heavy atom. The first-order chi connectivity index (χ1) is 13.7. The van der Waals surface area contributed by atoms with E-state index in [-0.39, 0.29) is 11.8 Å². The van der Waals surface area contributed by atoms with Gasteiger partial charge in [0.25, 0.3) is 0 Å². The van der Waals surface area contributed by atoms with Gasteiger partial charge in [-0.1, -0.05) is 0 Å². The minimum absolute atomic E-state index is 0.0248. The minimum atomic E-state index is -0.0636. The predicted octanol–water partition coefficient (Wildman–Crippen LogP) is 3.97. The first-order valence-electron chi connectivity index (χ1n) is 9.10. The number of thiazole rings is 1. The third kappa shape index (κ3) is 3.71. The molecule has 1 amide bonds. The fourth-order valence-corrected chi connectivity index (χ4v) is 4.57. The monoisotopic (exact) mass is 395 g/mol. The molecule has 0 aliphatic heterocycles. The van der Waals surface area contributed by atoms with Crippen LogP contribution in [-0.4, -0.2) is 30.1 Å². The van der Waals surface area contributed by atoms with Gasteiger partial charge in [-0.15, -0.1) is 11.3 Å². The van der Waals surface area contributed by atoms with Crippen LogP contribution in [0.2, 0.25) is 0 Å². The lowest BCUT2D eigenvalue weighted by molar-refractivity contribution is -0.120. The highest BCUT2D eigenvalue weighted by molar-refractivity contribution is 7.15. The summed E-state index contributed by atoms with van der Waals surface area (Å²) in [5.74, 6) is 1.19. The second-order valence-corrected chi connectivity index (χ2v) is 7.71. The number of nitrogens with one attached hydrogen (secondary N) is 1. The summed E-state index contributed by atoms with van der Waals surface area (Å²) in [6.45, 7) is 0. The van der Waals surface area contributed by atoms with Crippen molar-refractivity contribution in [3.8, 4) is 22.1 Å². The average Bonchev–Trinajstić information content (AvgIpc) is 3.17. The predicted molar refractivity (Wildman–Crippen MR) is 109 cm³/mol. The Bertz CT molecular complexity index is 988. The molecule has 1 N–H and O–H groups in total. The van der Waals surface area contributed by atoms with Gasteiger partial charge < -0.3 is 14.8 Å². The van der Waals surface area contributed by atoms with Gasteiger partial charge in [0.2, 0.25) is 5.91 Å². The number of anilines is 1. The van der Waals surface area contributed by atoms with Crippen LogP contribution >= 0.6 is 11.3 Å². The van der Waals surface area contributed by atoms with Gasteiger partial charge in [0.15, 0.2) is 11.5 Å². The quantitative estimate of drug-likeness (QED) is 0.708. The molecule has 4 rings (SSSR count). The van der Waals surface area contributed by atoms with Crippen molar-refractivity contribution in [3.63, 3.8) is 0 Å². The number of ether oxygens (including phenoxy) is 2. The fraction of sp³-hybridized carbons (Fsp3) is 0.286. The highest BCUT2D eigenvalue weighted by atomic mass is 32.1. The van der Waals surface area contributed by atoms with Gasteiger partial charge in [0, 0.05) is 40.5 Å². The zero-order valence-electron chi connectivity index (χ0n) is 15.8. The Morgan fingerprint density at radius 1 is 1.14 bits per heavy atom. The molecule has 0 fully saturated rings. The zero-order valence-corrected chi connectivity index (χ0v) is 16.6. The van der Waals surface area contributed by atoms with Crippen LogP contribution in [0.25, 0.3) is 10.6 Å². The van der Waals surface area contributed by atoms with Crippen molar-refractivity contribution in [2.75, 3.05) is 19.5 Å². The number of carbonyl (C=O) groups excluding carboxylic acids is 1. The van der Waals surface area contributed by atoms with E-state index in [1.807, 2.05) is 18.2 Å². The van der Waals surface area contributed by atoms with Gasteiger partial charge in [-0.25, -0.2) is 4.98 Å². The van der Waals surface area contributed by atoms with Gasteiger partial charge in [0.05, 0.1) is 19.9 Å². The first kappa shape index (κ1) is 18.4. The average molecular weight is 395 g/mol. The summed E-state index contributed by atoms with van der Waals surface area (Å²) in [7, 11) is 3.17. The van der Waals surface area contributed by atoms with Gasteiger partial charge in [-0.05, 0) is 43.5 Å². The van der Waals surface area contributed by atoms with E-state index in [9.17, 15) is 4.79 Å². The van der Waals surface area contributed by atoms with Crippen LogP contribution in [0, 0.1) is 5.92 Å². The lowest BCUT2D eigenvalue weighted by Gasteiger charge is -2.20. The Kier molecular flexibility index (Phi) is 5.25. The number of fused-ring (bicyclic) bond motifs is 1. The van der Waals surface area contributed by atoms with E-state index in [4.69, 9.17) is 14.5 Å². The normalized spacial score (nSPS) is 15.6. The highest BCUT2D eigenvalue weighted by Crippen LogP contribution is 2.35. The molecule has 2 aromatic heterocycles. The molecule has 1 atom stereocenters. The molecule has 0 spiro atoms. The number of aryl methyl sites for hydroxylation is 1. The van der Waals surface area contributed by atoms with Crippen molar-refractivity contribution >= 4 is 22.9 Å². The van der Waals surface area contributed by atoms with E-state index < -0.39 is 0 Å². The summed E-state index contributed by atoms with van der Waals surface area (Å²) >= 11 is 1.67. The number of hydrogen-bond donors (Lipinski definition) is 1. The lowest BCUT2D eigenvalue weighted by Crippen LogP contribution is -2.27. The zero-order chi connectivity index (χ0) is 19.5. The molecule has 144 valence electrons. The Morgan fingerprint density at radius 3 is 2.68 bits per heavy atom. The molecule has 7 heteroatoms. The van der Waals surface area contributed by atoms with Crippen LogP contribution in [0.3, 0.4) is 0 Å². The number of pyridine rings is 1. The molecule has 1 aromatic carbocycles. The molecule has 0 saturated heterocycles. The Hall–Kier alpha value is -2.93. The lowest BCUT2D eigenvalue weighted by atomic mass is 9.90. The molecule has 0 radical (unpaired) electrons. The van der Waals surface area contributed by atoms with E-state index >= 15 is 0 Å². The Labute approximate surface area is 167 Å². The van der Waals surface area contributed by atoms with E-state index in [1.54, 1.807) is 50.1 Å². The maximum absolute atomic E-state index is 12.8. The molecule has 3 aromatic rings. The van der Waals surface area contributed by atoms with E-state index in [1.165, 1.54) is 4.88 Å². The summed E-state index contributed by atoms with van der Waals surface area (Å²) in [4.78, 5) is 22.8. The fourth-order valence-electron chi connectivity index (χ4n) is 3.38. The summed E-state index contributed by atoms with van der Waals surface area (Å²) in [6.07, 6.45) is 5.88. The summed E-state index contributed by atoms with van der Waals surface area (Å²) in [6, 6.07) is 9.32. The van der Waals surface area contributed by atoms with Gasteiger partial charge in [0.1, 0.15) is 5.01 Å². The summed E-state index contributed by atoms with van der Waals surface area (Å²) in [5, 5.41) is 4.00. The molecule has 28 heavy (non-hydrogen) atoms. The standard InChI is InChI=1S/C21H21N3O3S/c1-26-17-6-4-15(12-18(17)27-2)23-20(25)14-3-5-16-19(11-14)28-21(24-16)13-7-9-22-10-8-13/h4,6-10,12,14H,3,5,11H2,1-2H3,(H,23,25). The minimum Gasteiger partial charge on any atom is -0.493 e. The second-order valence-electron chi connectivity index (χ2n) is 6.62.